The van der Waals surface area contributed by atoms with Gasteiger partial charge in [-0.25, -0.2) is 4.79 Å². The van der Waals surface area contributed by atoms with Crippen molar-refractivity contribution in [3.8, 4) is 0 Å². The molecule has 0 bridgehead atoms. The Bertz CT molecular complexity index is 210. The zero-order valence-electron chi connectivity index (χ0n) is 11.5. The largest absolute Gasteiger partial charge is 0.479 e. The Labute approximate surface area is 105 Å². The molecule has 0 spiro atoms. The second-order valence-corrected chi connectivity index (χ2v) is 5.63. The molecule has 17 heavy (non-hydrogen) atoms. The van der Waals surface area contributed by atoms with Gasteiger partial charge in [-0.3, -0.25) is 0 Å². The summed E-state index contributed by atoms with van der Waals surface area (Å²) in [6.45, 7) is 5.86. The van der Waals surface area contributed by atoms with Crippen LogP contribution in [0, 0.1) is 5.92 Å². The fourth-order valence-electron chi connectivity index (χ4n) is 1.84. The van der Waals surface area contributed by atoms with Crippen molar-refractivity contribution >= 4 is 5.97 Å². The van der Waals surface area contributed by atoms with Gasteiger partial charge in [-0.05, 0) is 25.7 Å². The van der Waals surface area contributed by atoms with E-state index in [-0.39, 0.29) is 0 Å². The van der Waals surface area contributed by atoms with Crippen molar-refractivity contribution in [3.05, 3.63) is 0 Å². The highest BCUT2D eigenvalue weighted by Crippen LogP contribution is 2.16. The summed E-state index contributed by atoms with van der Waals surface area (Å²) in [4.78, 5) is 10.6. The van der Waals surface area contributed by atoms with Gasteiger partial charge in [0.05, 0.1) is 0 Å². The lowest BCUT2D eigenvalue weighted by molar-refractivity contribution is -0.157. The van der Waals surface area contributed by atoms with Crippen LogP contribution in [0.15, 0.2) is 0 Å². The number of hydrogen-bond donors (Lipinski definition) is 2. The van der Waals surface area contributed by atoms with Crippen molar-refractivity contribution in [1.29, 1.82) is 0 Å². The SMILES string of the molecule is CC(C)CCCCCCCCC(C)(O)C(=O)O. The predicted molar refractivity (Wildman–Crippen MR) is 70.0 cm³/mol. The lowest BCUT2D eigenvalue weighted by Gasteiger charge is -2.17. The molecule has 0 aromatic heterocycles. The third kappa shape index (κ3) is 9.16. The van der Waals surface area contributed by atoms with E-state index in [1.807, 2.05) is 0 Å². The average molecular weight is 244 g/mol. The van der Waals surface area contributed by atoms with Crippen LogP contribution in [0.25, 0.3) is 0 Å². The van der Waals surface area contributed by atoms with Gasteiger partial charge in [-0.1, -0.05) is 52.4 Å². The Hall–Kier alpha value is -0.570. The maximum Gasteiger partial charge on any atom is 0.335 e. The maximum atomic E-state index is 10.6. The number of aliphatic carboxylic acids is 1. The van der Waals surface area contributed by atoms with Crippen molar-refractivity contribution < 1.29 is 15.0 Å². The van der Waals surface area contributed by atoms with Crippen molar-refractivity contribution in [2.24, 2.45) is 5.92 Å². The summed E-state index contributed by atoms with van der Waals surface area (Å²) in [6, 6.07) is 0. The lowest BCUT2D eigenvalue weighted by atomic mass is 9.97. The van der Waals surface area contributed by atoms with Crippen molar-refractivity contribution in [1.82, 2.24) is 0 Å². The van der Waals surface area contributed by atoms with Gasteiger partial charge >= 0.3 is 5.97 Å². The molecule has 0 fully saturated rings. The summed E-state index contributed by atoms with van der Waals surface area (Å²) in [5, 5.41) is 18.2. The van der Waals surface area contributed by atoms with Crippen LogP contribution in [0.5, 0.6) is 0 Å². The summed E-state index contributed by atoms with van der Waals surface area (Å²) in [5.41, 5.74) is -1.54. The minimum absolute atomic E-state index is 0.355. The number of rotatable bonds is 10. The highest BCUT2D eigenvalue weighted by atomic mass is 16.4. The third-order valence-corrected chi connectivity index (χ3v) is 3.16. The molecule has 1 atom stereocenters. The number of aliphatic hydroxyl groups is 1. The van der Waals surface area contributed by atoms with Gasteiger partial charge < -0.3 is 10.2 Å². The van der Waals surface area contributed by atoms with Gasteiger partial charge in [0.2, 0.25) is 0 Å². The van der Waals surface area contributed by atoms with E-state index in [2.05, 4.69) is 13.8 Å². The van der Waals surface area contributed by atoms with E-state index >= 15 is 0 Å². The molecule has 0 aromatic rings. The lowest BCUT2D eigenvalue weighted by Crippen LogP contribution is -2.34. The Kier molecular flexibility index (Phi) is 8.23. The standard InChI is InChI=1S/C14H28O3/c1-12(2)10-8-6-4-5-7-9-11-14(3,17)13(15)16/h12,17H,4-11H2,1-3H3,(H,15,16). The summed E-state index contributed by atoms with van der Waals surface area (Å²) in [5.74, 6) is -0.324. The van der Waals surface area contributed by atoms with E-state index in [4.69, 9.17) is 5.11 Å². The summed E-state index contributed by atoms with van der Waals surface area (Å²) >= 11 is 0. The molecule has 0 heterocycles. The van der Waals surface area contributed by atoms with Crippen LogP contribution in [0.4, 0.5) is 0 Å². The van der Waals surface area contributed by atoms with E-state index in [1.54, 1.807) is 0 Å². The number of carboxylic acids is 1. The number of carboxylic acid groups (broad SMARTS) is 1. The first kappa shape index (κ1) is 16.4. The fourth-order valence-corrected chi connectivity index (χ4v) is 1.84. The Morgan fingerprint density at radius 1 is 1.06 bits per heavy atom. The predicted octanol–water partition coefficient (Wildman–Crippen LogP) is 3.60. The van der Waals surface area contributed by atoms with Crippen molar-refractivity contribution in [2.75, 3.05) is 0 Å². The Balaban J connectivity index is 3.33. The van der Waals surface area contributed by atoms with E-state index in [0.29, 0.717) is 6.42 Å². The van der Waals surface area contributed by atoms with Crippen LogP contribution < -0.4 is 0 Å². The van der Waals surface area contributed by atoms with E-state index in [1.165, 1.54) is 32.6 Å². The number of carbonyl (C=O) groups is 1. The molecule has 102 valence electrons. The Morgan fingerprint density at radius 3 is 2.00 bits per heavy atom. The maximum absolute atomic E-state index is 10.6. The minimum Gasteiger partial charge on any atom is -0.479 e. The third-order valence-electron chi connectivity index (χ3n) is 3.16. The first-order chi connectivity index (χ1) is 7.86. The van der Waals surface area contributed by atoms with Crippen molar-refractivity contribution in [3.63, 3.8) is 0 Å². The second kappa shape index (κ2) is 8.51. The summed E-state index contributed by atoms with van der Waals surface area (Å²) in [7, 11) is 0. The Morgan fingerprint density at radius 2 is 1.53 bits per heavy atom. The zero-order valence-corrected chi connectivity index (χ0v) is 11.5. The molecular weight excluding hydrogens is 216 g/mol. The van der Waals surface area contributed by atoms with Crippen LogP contribution in [-0.2, 0) is 4.79 Å². The highest BCUT2D eigenvalue weighted by Gasteiger charge is 2.28. The van der Waals surface area contributed by atoms with Gasteiger partial charge in [-0.2, -0.15) is 0 Å². The quantitative estimate of drug-likeness (QED) is 0.577. The fraction of sp³-hybridized carbons (Fsp3) is 0.929. The molecule has 3 nitrogen and oxygen atoms in total. The smallest absolute Gasteiger partial charge is 0.335 e. The normalized spacial score (nSPS) is 14.9. The van der Waals surface area contributed by atoms with E-state index in [0.717, 1.165) is 25.2 Å². The van der Waals surface area contributed by atoms with Gasteiger partial charge in [-0.15, -0.1) is 0 Å². The van der Waals surface area contributed by atoms with Crippen LogP contribution >= 0.6 is 0 Å². The molecule has 1 unspecified atom stereocenters. The molecule has 0 aliphatic heterocycles. The van der Waals surface area contributed by atoms with E-state index < -0.39 is 11.6 Å². The van der Waals surface area contributed by atoms with Crippen LogP contribution in [0.1, 0.15) is 72.1 Å². The summed E-state index contributed by atoms with van der Waals surface area (Å²) in [6.07, 6.45) is 8.41. The molecule has 0 saturated heterocycles. The van der Waals surface area contributed by atoms with Gasteiger partial charge in [0.15, 0.2) is 5.60 Å². The summed E-state index contributed by atoms with van der Waals surface area (Å²) < 4.78 is 0. The van der Waals surface area contributed by atoms with Gasteiger partial charge in [0.1, 0.15) is 0 Å². The highest BCUT2D eigenvalue weighted by molar-refractivity contribution is 5.76. The van der Waals surface area contributed by atoms with E-state index in [9.17, 15) is 9.90 Å². The molecule has 0 aromatic carbocycles. The number of unbranched alkanes of at least 4 members (excludes halogenated alkanes) is 5. The minimum atomic E-state index is -1.54. The molecule has 0 saturated carbocycles. The molecule has 0 radical (unpaired) electrons. The number of hydrogen-bond acceptors (Lipinski definition) is 2. The molecule has 0 amide bonds. The molecule has 0 aliphatic carbocycles. The zero-order chi connectivity index (χ0) is 13.3. The average Bonchev–Trinajstić information content (AvgIpc) is 2.21. The topological polar surface area (TPSA) is 57.5 Å². The molecule has 0 aliphatic rings. The van der Waals surface area contributed by atoms with Gasteiger partial charge in [0, 0.05) is 0 Å². The first-order valence-electron chi connectivity index (χ1n) is 6.82. The molecule has 2 N–H and O–H groups in total. The van der Waals surface area contributed by atoms with Crippen LogP contribution in [-0.4, -0.2) is 21.8 Å². The first-order valence-corrected chi connectivity index (χ1v) is 6.82. The molecular formula is C14H28O3. The van der Waals surface area contributed by atoms with Crippen molar-refractivity contribution in [2.45, 2.75) is 77.7 Å². The molecule has 0 rings (SSSR count). The van der Waals surface area contributed by atoms with Crippen LogP contribution in [0.3, 0.4) is 0 Å². The monoisotopic (exact) mass is 244 g/mol. The second-order valence-electron chi connectivity index (χ2n) is 5.63. The van der Waals surface area contributed by atoms with Crippen LogP contribution in [0.2, 0.25) is 0 Å². The molecule has 3 heteroatoms. The van der Waals surface area contributed by atoms with Gasteiger partial charge in [0.25, 0.3) is 0 Å².